The van der Waals surface area contributed by atoms with Crippen LogP contribution in [-0.2, 0) is 7.05 Å². The average molecular weight is 263 g/mol. The van der Waals surface area contributed by atoms with Gasteiger partial charge in [0.2, 0.25) is 0 Å². The van der Waals surface area contributed by atoms with Gasteiger partial charge in [-0.2, -0.15) is 0 Å². The van der Waals surface area contributed by atoms with E-state index in [1.807, 2.05) is 32.4 Å². The van der Waals surface area contributed by atoms with Crippen molar-refractivity contribution in [3.05, 3.63) is 60.2 Å². The molecule has 1 aromatic carbocycles. The van der Waals surface area contributed by atoms with Crippen molar-refractivity contribution in [2.45, 2.75) is 13.8 Å². The van der Waals surface area contributed by atoms with Crippen molar-refractivity contribution < 1.29 is 0 Å². The third kappa shape index (κ3) is 2.23. The van der Waals surface area contributed by atoms with Crippen LogP contribution in [0.4, 0.5) is 0 Å². The third-order valence-corrected chi connectivity index (χ3v) is 3.59. The number of pyridine rings is 1. The number of hydrogen-bond acceptors (Lipinski definition) is 2. The van der Waals surface area contributed by atoms with Gasteiger partial charge in [-0.3, -0.25) is 4.98 Å². The monoisotopic (exact) mass is 263 g/mol. The van der Waals surface area contributed by atoms with Crippen LogP contribution < -0.4 is 0 Å². The molecular weight excluding hydrogens is 246 g/mol. The molecule has 3 nitrogen and oxygen atoms in total. The summed E-state index contributed by atoms with van der Waals surface area (Å²) in [5, 5.41) is 0. The van der Waals surface area contributed by atoms with Gasteiger partial charge in [-0.15, -0.1) is 0 Å². The van der Waals surface area contributed by atoms with E-state index in [0.717, 1.165) is 28.3 Å². The van der Waals surface area contributed by atoms with Crippen LogP contribution in [0.1, 0.15) is 11.4 Å². The van der Waals surface area contributed by atoms with Gasteiger partial charge < -0.3 is 4.57 Å². The lowest BCUT2D eigenvalue weighted by Crippen LogP contribution is -1.94. The van der Waals surface area contributed by atoms with E-state index >= 15 is 0 Å². The Morgan fingerprint density at radius 2 is 1.75 bits per heavy atom. The molecule has 3 heteroatoms. The van der Waals surface area contributed by atoms with Gasteiger partial charge in [0.05, 0.1) is 17.6 Å². The van der Waals surface area contributed by atoms with E-state index in [2.05, 4.69) is 51.8 Å². The summed E-state index contributed by atoms with van der Waals surface area (Å²) < 4.78 is 2.10. The highest BCUT2D eigenvalue weighted by molar-refractivity contribution is 5.69. The highest BCUT2D eigenvalue weighted by atomic mass is 15.0. The smallest absolute Gasteiger partial charge is 0.105 e. The maximum atomic E-state index is 4.45. The molecule has 3 aromatic rings. The van der Waals surface area contributed by atoms with Crippen LogP contribution in [0, 0.1) is 13.8 Å². The maximum Gasteiger partial charge on any atom is 0.105 e. The predicted molar refractivity (Wildman–Crippen MR) is 81.3 cm³/mol. The Hall–Kier alpha value is -2.42. The molecule has 0 aliphatic carbocycles. The highest BCUT2D eigenvalue weighted by Crippen LogP contribution is 2.25. The zero-order valence-electron chi connectivity index (χ0n) is 12.0. The fraction of sp³-hybridized carbons (Fsp3) is 0.176. The van der Waals surface area contributed by atoms with Crippen molar-refractivity contribution in [1.82, 2.24) is 14.5 Å². The minimum atomic E-state index is 1.01. The summed E-state index contributed by atoms with van der Waals surface area (Å²) in [6.45, 7) is 4.09. The van der Waals surface area contributed by atoms with E-state index in [0.29, 0.717) is 0 Å². The van der Waals surface area contributed by atoms with Gasteiger partial charge >= 0.3 is 0 Å². The quantitative estimate of drug-likeness (QED) is 0.704. The molecular formula is C17H17N3. The zero-order valence-corrected chi connectivity index (χ0v) is 12.0. The predicted octanol–water partition coefficient (Wildman–Crippen LogP) is 3.77. The Morgan fingerprint density at radius 3 is 2.45 bits per heavy atom. The molecule has 0 fully saturated rings. The summed E-state index contributed by atoms with van der Waals surface area (Å²) in [5.74, 6) is 1.01. The second kappa shape index (κ2) is 4.93. The molecule has 0 unspecified atom stereocenters. The minimum absolute atomic E-state index is 1.01. The van der Waals surface area contributed by atoms with Crippen LogP contribution in [0.25, 0.3) is 22.5 Å². The molecule has 0 saturated heterocycles. The van der Waals surface area contributed by atoms with E-state index in [1.165, 1.54) is 5.56 Å². The van der Waals surface area contributed by atoms with Gasteiger partial charge in [0.15, 0.2) is 0 Å². The number of hydrogen-bond donors (Lipinski definition) is 0. The molecule has 0 amide bonds. The number of nitrogens with zero attached hydrogens (tertiary/aromatic N) is 3. The van der Waals surface area contributed by atoms with Gasteiger partial charge in [0.25, 0.3) is 0 Å². The Labute approximate surface area is 118 Å². The minimum Gasteiger partial charge on any atom is -0.331 e. The number of aryl methyl sites for hydroxylation is 2. The van der Waals surface area contributed by atoms with Gasteiger partial charge in [-0.25, -0.2) is 4.98 Å². The van der Waals surface area contributed by atoms with Crippen molar-refractivity contribution in [3.8, 4) is 22.5 Å². The lowest BCUT2D eigenvalue weighted by atomic mass is 10.0. The number of benzene rings is 1. The average Bonchev–Trinajstić information content (AvgIpc) is 2.79. The number of rotatable bonds is 2. The summed E-state index contributed by atoms with van der Waals surface area (Å²) in [6, 6.07) is 12.5. The molecule has 2 aromatic heterocycles. The van der Waals surface area contributed by atoms with E-state index in [9.17, 15) is 0 Å². The van der Waals surface area contributed by atoms with Crippen molar-refractivity contribution in [2.75, 3.05) is 0 Å². The number of aromatic nitrogens is 3. The fourth-order valence-corrected chi connectivity index (χ4v) is 2.30. The second-order valence-corrected chi connectivity index (χ2v) is 5.05. The van der Waals surface area contributed by atoms with E-state index < -0.39 is 0 Å². The Morgan fingerprint density at radius 1 is 0.950 bits per heavy atom. The van der Waals surface area contributed by atoms with Crippen molar-refractivity contribution in [2.24, 2.45) is 7.05 Å². The standard InChI is InChI=1S/C17H17N3/c1-12-7-8-18-16(9-12)14-5-4-6-15(10-14)17-11-19-13(2)20(17)3/h4-11H,1-3H3. The molecule has 0 bridgehead atoms. The topological polar surface area (TPSA) is 30.7 Å². The van der Waals surface area contributed by atoms with Crippen LogP contribution in [-0.4, -0.2) is 14.5 Å². The van der Waals surface area contributed by atoms with Gasteiger partial charge in [-0.1, -0.05) is 18.2 Å². The summed E-state index contributed by atoms with van der Waals surface area (Å²) >= 11 is 0. The lowest BCUT2D eigenvalue weighted by molar-refractivity contribution is 0.865. The molecule has 0 saturated carbocycles. The molecule has 3 rings (SSSR count). The third-order valence-electron chi connectivity index (χ3n) is 3.59. The van der Waals surface area contributed by atoms with Crippen LogP contribution in [0.2, 0.25) is 0 Å². The first-order valence-electron chi connectivity index (χ1n) is 6.67. The van der Waals surface area contributed by atoms with Crippen LogP contribution in [0.5, 0.6) is 0 Å². The summed E-state index contributed by atoms with van der Waals surface area (Å²) in [6.07, 6.45) is 3.77. The summed E-state index contributed by atoms with van der Waals surface area (Å²) in [5.41, 5.74) is 5.64. The maximum absolute atomic E-state index is 4.45. The Bertz CT molecular complexity index is 756. The van der Waals surface area contributed by atoms with Crippen LogP contribution in [0.15, 0.2) is 48.8 Å². The first kappa shape index (κ1) is 12.6. The largest absolute Gasteiger partial charge is 0.331 e. The molecule has 100 valence electrons. The van der Waals surface area contributed by atoms with Gasteiger partial charge in [0.1, 0.15) is 5.82 Å². The molecule has 0 radical (unpaired) electrons. The summed E-state index contributed by atoms with van der Waals surface area (Å²) in [7, 11) is 2.04. The van der Waals surface area contributed by atoms with Crippen LogP contribution >= 0.6 is 0 Å². The highest BCUT2D eigenvalue weighted by Gasteiger charge is 2.07. The first-order valence-corrected chi connectivity index (χ1v) is 6.67. The SMILES string of the molecule is Cc1ccnc(-c2cccc(-c3cnc(C)n3C)c2)c1. The lowest BCUT2D eigenvalue weighted by Gasteiger charge is -2.07. The normalized spacial score (nSPS) is 10.8. The first-order chi connectivity index (χ1) is 9.65. The molecule has 0 aliphatic heterocycles. The molecule has 2 heterocycles. The zero-order chi connectivity index (χ0) is 14.1. The molecule has 20 heavy (non-hydrogen) atoms. The summed E-state index contributed by atoms with van der Waals surface area (Å²) in [4.78, 5) is 8.81. The van der Waals surface area contributed by atoms with Gasteiger partial charge in [-0.05, 0) is 37.6 Å². The van der Waals surface area contributed by atoms with E-state index in [4.69, 9.17) is 0 Å². The van der Waals surface area contributed by atoms with Crippen molar-refractivity contribution in [3.63, 3.8) is 0 Å². The molecule has 0 spiro atoms. The Kier molecular flexibility index (Phi) is 3.11. The van der Waals surface area contributed by atoms with E-state index in [1.54, 1.807) is 0 Å². The molecule has 0 atom stereocenters. The van der Waals surface area contributed by atoms with Crippen molar-refractivity contribution in [1.29, 1.82) is 0 Å². The van der Waals surface area contributed by atoms with E-state index in [-0.39, 0.29) is 0 Å². The van der Waals surface area contributed by atoms with Crippen molar-refractivity contribution >= 4 is 0 Å². The Balaban J connectivity index is 2.08. The molecule has 0 N–H and O–H groups in total. The van der Waals surface area contributed by atoms with Crippen LogP contribution in [0.3, 0.4) is 0 Å². The van der Waals surface area contributed by atoms with Gasteiger partial charge in [0, 0.05) is 24.4 Å². The fourth-order valence-electron chi connectivity index (χ4n) is 2.30. The number of imidazole rings is 1. The molecule has 0 aliphatic rings. The second-order valence-electron chi connectivity index (χ2n) is 5.05.